The van der Waals surface area contributed by atoms with Gasteiger partial charge in [0.05, 0.1) is 0 Å². The van der Waals surface area contributed by atoms with Gasteiger partial charge in [-0.25, -0.2) is 19.7 Å². The minimum absolute atomic E-state index is 0.0983. The fraction of sp³-hybridized carbons (Fsp3) is 0.111. The molecule has 0 amide bonds. The van der Waals surface area contributed by atoms with Crippen LogP contribution in [0.25, 0.3) is 5.95 Å². The van der Waals surface area contributed by atoms with Gasteiger partial charge in [0, 0.05) is 24.8 Å². The maximum atomic E-state index is 10.8. The Bertz CT molecular complexity index is 489. The Kier molecular flexibility index (Phi) is 2.17. The van der Waals surface area contributed by atoms with Crippen LogP contribution in [-0.4, -0.2) is 30.6 Å². The van der Waals surface area contributed by atoms with E-state index in [0.717, 1.165) is 5.56 Å². The molecule has 0 radical (unpaired) electrons. The molecule has 6 nitrogen and oxygen atoms in total. The lowest BCUT2D eigenvalue weighted by Gasteiger charge is -2.02. The highest BCUT2D eigenvalue weighted by atomic mass is 16.4. The highest BCUT2D eigenvalue weighted by Gasteiger charge is 2.13. The Balaban J connectivity index is 2.49. The zero-order valence-electron chi connectivity index (χ0n) is 7.95. The largest absolute Gasteiger partial charge is 0.475 e. The maximum Gasteiger partial charge on any atom is 0.372 e. The number of hydrogen-bond donors (Lipinski definition) is 1. The molecule has 6 heteroatoms. The Hall–Kier alpha value is -2.24. The number of rotatable bonds is 2. The topological polar surface area (TPSA) is 80.9 Å². The molecule has 0 aliphatic heterocycles. The predicted molar refractivity (Wildman–Crippen MR) is 50.9 cm³/mol. The average molecular weight is 204 g/mol. The van der Waals surface area contributed by atoms with Gasteiger partial charge in [0.1, 0.15) is 0 Å². The van der Waals surface area contributed by atoms with Crippen LogP contribution in [0.15, 0.2) is 24.8 Å². The van der Waals surface area contributed by atoms with Crippen LogP contribution in [0.2, 0.25) is 0 Å². The zero-order valence-corrected chi connectivity index (χ0v) is 7.95. The molecule has 0 saturated carbocycles. The molecule has 2 aromatic heterocycles. The summed E-state index contributed by atoms with van der Waals surface area (Å²) in [7, 11) is 0. The van der Waals surface area contributed by atoms with Crippen LogP contribution >= 0.6 is 0 Å². The van der Waals surface area contributed by atoms with E-state index in [4.69, 9.17) is 5.11 Å². The van der Waals surface area contributed by atoms with Crippen molar-refractivity contribution < 1.29 is 9.90 Å². The molecule has 76 valence electrons. The van der Waals surface area contributed by atoms with E-state index in [1.54, 1.807) is 12.4 Å². The first-order chi connectivity index (χ1) is 7.18. The molecule has 0 bridgehead atoms. The van der Waals surface area contributed by atoms with Crippen LogP contribution in [0.5, 0.6) is 0 Å². The fourth-order valence-corrected chi connectivity index (χ4v) is 1.13. The molecule has 2 rings (SSSR count). The SMILES string of the molecule is Cc1cnc(-n2ccnc2C(=O)O)nc1. The molecule has 0 fully saturated rings. The van der Waals surface area contributed by atoms with E-state index in [1.807, 2.05) is 6.92 Å². The van der Waals surface area contributed by atoms with Crippen LogP contribution < -0.4 is 0 Å². The molecule has 2 aromatic rings. The lowest BCUT2D eigenvalue weighted by molar-refractivity contribution is 0.0681. The molecule has 0 saturated heterocycles. The van der Waals surface area contributed by atoms with E-state index >= 15 is 0 Å². The number of carboxylic acids is 1. The Morgan fingerprint density at radius 1 is 1.33 bits per heavy atom. The minimum atomic E-state index is -1.11. The molecular weight excluding hydrogens is 196 g/mol. The zero-order chi connectivity index (χ0) is 10.8. The maximum absolute atomic E-state index is 10.8. The molecule has 15 heavy (non-hydrogen) atoms. The van der Waals surface area contributed by atoms with E-state index in [-0.39, 0.29) is 5.82 Å². The van der Waals surface area contributed by atoms with Crippen LogP contribution in [0.4, 0.5) is 0 Å². The second kappa shape index (κ2) is 3.49. The van der Waals surface area contributed by atoms with Crippen molar-refractivity contribution in [3.05, 3.63) is 36.2 Å². The van der Waals surface area contributed by atoms with Gasteiger partial charge < -0.3 is 5.11 Å². The summed E-state index contributed by atoms with van der Waals surface area (Å²) in [6.07, 6.45) is 6.14. The van der Waals surface area contributed by atoms with Gasteiger partial charge in [-0.3, -0.25) is 4.57 Å². The number of aromatic carboxylic acids is 1. The first kappa shape index (κ1) is 9.32. The summed E-state index contributed by atoms with van der Waals surface area (Å²) in [5, 5.41) is 8.83. The molecule has 0 atom stereocenters. The number of aromatic nitrogens is 4. The van der Waals surface area contributed by atoms with Gasteiger partial charge in [0.2, 0.25) is 11.8 Å². The van der Waals surface area contributed by atoms with E-state index in [1.165, 1.54) is 17.0 Å². The van der Waals surface area contributed by atoms with E-state index in [2.05, 4.69) is 15.0 Å². The third-order valence-electron chi connectivity index (χ3n) is 1.81. The lowest BCUT2D eigenvalue weighted by atomic mass is 10.4. The highest BCUT2D eigenvalue weighted by Crippen LogP contribution is 2.05. The summed E-state index contributed by atoms with van der Waals surface area (Å²) >= 11 is 0. The first-order valence-corrected chi connectivity index (χ1v) is 4.24. The van der Waals surface area contributed by atoms with Gasteiger partial charge in [-0.1, -0.05) is 0 Å². The van der Waals surface area contributed by atoms with Crippen LogP contribution in [-0.2, 0) is 0 Å². The Labute approximate surface area is 85.3 Å². The normalized spacial score (nSPS) is 10.2. The van der Waals surface area contributed by atoms with Crippen molar-refractivity contribution in [3.63, 3.8) is 0 Å². The Morgan fingerprint density at radius 2 is 2.00 bits per heavy atom. The third-order valence-corrected chi connectivity index (χ3v) is 1.81. The number of carbonyl (C=O) groups is 1. The van der Waals surface area contributed by atoms with Gasteiger partial charge >= 0.3 is 5.97 Å². The lowest BCUT2D eigenvalue weighted by Crippen LogP contribution is -2.10. The number of hydrogen-bond acceptors (Lipinski definition) is 4. The van der Waals surface area contributed by atoms with Crippen molar-refractivity contribution in [1.82, 2.24) is 19.5 Å². The summed E-state index contributed by atoms with van der Waals surface area (Å²) < 4.78 is 1.32. The van der Waals surface area contributed by atoms with Crippen molar-refractivity contribution in [2.45, 2.75) is 6.92 Å². The van der Waals surface area contributed by atoms with Crippen molar-refractivity contribution in [3.8, 4) is 5.95 Å². The summed E-state index contributed by atoms with van der Waals surface area (Å²) in [4.78, 5) is 22.5. The van der Waals surface area contributed by atoms with Crippen LogP contribution in [0.1, 0.15) is 16.2 Å². The van der Waals surface area contributed by atoms with E-state index < -0.39 is 5.97 Å². The van der Waals surface area contributed by atoms with Crippen molar-refractivity contribution in [1.29, 1.82) is 0 Å². The van der Waals surface area contributed by atoms with Gasteiger partial charge in [-0.15, -0.1) is 0 Å². The van der Waals surface area contributed by atoms with Crippen LogP contribution in [0, 0.1) is 6.92 Å². The monoisotopic (exact) mass is 204 g/mol. The van der Waals surface area contributed by atoms with Gasteiger partial charge in [-0.2, -0.15) is 0 Å². The number of aryl methyl sites for hydroxylation is 1. The first-order valence-electron chi connectivity index (χ1n) is 4.24. The van der Waals surface area contributed by atoms with Crippen LogP contribution in [0.3, 0.4) is 0 Å². The van der Waals surface area contributed by atoms with E-state index in [9.17, 15) is 4.79 Å². The summed E-state index contributed by atoms with van der Waals surface area (Å²) in [5.74, 6) is -0.904. The molecule has 1 N–H and O–H groups in total. The molecule has 2 heterocycles. The standard InChI is InChI=1S/C9H8N4O2/c1-6-4-11-9(12-5-6)13-3-2-10-7(13)8(14)15/h2-5H,1H3,(H,14,15). The fourth-order valence-electron chi connectivity index (χ4n) is 1.13. The summed E-state index contributed by atoms with van der Waals surface area (Å²) in [6, 6.07) is 0. The quantitative estimate of drug-likeness (QED) is 0.777. The second-order valence-electron chi connectivity index (χ2n) is 2.99. The highest BCUT2D eigenvalue weighted by molar-refractivity contribution is 5.84. The third kappa shape index (κ3) is 1.69. The van der Waals surface area contributed by atoms with Gasteiger partial charge in [0.25, 0.3) is 0 Å². The molecule has 0 aromatic carbocycles. The van der Waals surface area contributed by atoms with Gasteiger partial charge in [0.15, 0.2) is 0 Å². The number of imidazole rings is 1. The molecule has 0 aliphatic rings. The number of nitrogens with zero attached hydrogens (tertiary/aromatic N) is 4. The average Bonchev–Trinajstić information content (AvgIpc) is 2.67. The molecule has 0 spiro atoms. The molecule has 0 unspecified atom stereocenters. The van der Waals surface area contributed by atoms with Crippen molar-refractivity contribution in [2.24, 2.45) is 0 Å². The second-order valence-corrected chi connectivity index (χ2v) is 2.99. The minimum Gasteiger partial charge on any atom is -0.475 e. The predicted octanol–water partition coefficient (Wildman–Crippen LogP) is 0.669. The van der Waals surface area contributed by atoms with Gasteiger partial charge in [-0.05, 0) is 12.5 Å². The molecular formula is C9H8N4O2. The summed E-state index contributed by atoms with van der Waals surface area (Å²) in [5.41, 5.74) is 0.913. The van der Waals surface area contributed by atoms with Crippen molar-refractivity contribution in [2.75, 3.05) is 0 Å². The number of carboxylic acid groups (broad SMARTS) is 1. The smallest absolute Gasteiger partial charge is 0.372 e. The van der Waals surface area contributed by atoms with E-state index in [0.29, 0.717) is 5.95 Å². The summed E-state index contributed by atoms with van der Waals surface area (Å²) in [6.45, 7) is 1.86. The Morgan fingerprint density at radius 3 is 2.60 bits per heavy atom. The van der Waals surface area contributed by atoms with Crippen molar-refractivity contribution >= 4 is 5.97 Å². The molecule has 0 aliphatic carbocycles.